The van der Waals surface area contributed by atoms with Crippen LogP contribution in [0.4, 0.5) is 0 Å². The topological polar surface area (TPSA) is 66.9 Å². The number of hydrogen-bond donors (Lipinski definition) is 1. The smallest absolute Gasteiger partial charge is 0.185 e. The number of aliphatic imine (C=N–C) groups is 1. The third-order valence-electron chi connectivity index (χ3n) is 3.67. The van der Waals surface area contributed by atoms with Crippen LogP contribution in [0.1, 0.15) is 11.1 Å². The van der Waals surface area contributed by atoms with Crippen LogP contribution >= 0.6 is 31.9 Å². The van der Waals surface area contributed by atoms with Crippen molar-refractivity contribution in [1.29, 1.82) is 0 Å². The molecule has 1 aromatic heterocycles. The van der Waals surface area contributed by atoms with Gasteiger partial charge < -0.3 is 10.5 Å². The fraction of sp³-hybridized carbons (Fsp3) is 0.150. The summed E-state index contributed by atoms with van der Waals surface area (Å²) in [5.41, 5.74) is 2.67. The van der Waals surface area contributed by atoms with Crippen molar-refractivity contribution in [1.82, 2.24) is 10.3 Å². The van der Waals surface area contributed by atoms with Crippen molar-refractivity contribution in [3.63, 3.8) is 0 Å². The summed E-state index contributed by atoms with van der Waals surface area (Å²) in [7, 11) is 3.65. The molecule has 0 atom stereocenters. The highest BCUT2D eigenvalue weighted by molar-refractivity contribution is 9.12. The monoisotopic (exact) mass is 505 g/mol. The molecule has 2 rings (SSSR count). The van der Waals surface area contributed by atoms with Crippen LogP contribution in [-0.4, -0.2) is 31.2 Å². The van der Waals surface area contributed by atoms with Gasteiger partial charge in [-0.25, -0.2) is 0 Å². The number of likely N-dealkylation sites (N-methyl/N-ethyl adjacent to an activating group) is 1. The number of pyridine rings is 1. The fourth-order valence-electron chi connectivity index (χ4n) is 2.31. The number of amidine groups is 1. The second-order valence-corrected chi connectivity index (χ2v) is 7.62. The van der Waals surface area contributed by atoms with Gasteiger partial charge in [0.1, 0.15) is 5.84 Å². The predicted octanol–water partition coefficient (Wildman–Crippen LogP) is 4.07. The van der Waals surface area contributed by atoms with Crippen LogP contribution in [0.25, 0.3) is 5.70 Å². The van der Waals surface area contributed by atoms with Crippen molar-refractivity contribution < 1.29 is 4.73 Å². The average Bonchev–Trinajstić information content (AvgIpc) is 2.67. The zero-order valence-corrected chi connectivity index (χ0v) is 18.8. The van der Waals surface area contributed by atoms with Gasteiger partial charge >= 0.3 is 0 Å². The van der Waals surface area contributed by atoms with Crippen LogP contribution in [0.5, 0.6) is 0 Å². The Morgan fingerprint density at radius 3 is 2.71 bits per heavy atom. The van der Waals surface area contributed by atoms with Gasteiger partial charge in [0.05, 0.1) is 12.8 Å². The number of hydrogen-bond acceptors (Lipinski definition) is 4. The third kappa shape index (κ3) is 6.61. The SMILES string of the molecule is C=C(Br)/C=N\N(C)C(C=C(NC)c1ccccc1Br)=NCc1ccc[n+]([O-])c1. The molecule has 0 saturated carbocycles. The molecule has 146 valence electrons. The molecule has 0 aliphatic heterocycles. The zero-order chi connectivity index (χ0) is 20.5. The molecular formula is C20H21Br2N5O. The molecule has 8 heteroatoms. The lowest BCUT2D eigenvalue weighted by atomic mass is 10.1. The van der Waals surface area contributed by atoms with Gasteiger partial charge in [-0.15, -0.1) is 0 Å². The molecular weight excluding hydrogens is 486 g/mol. The Labute approximate surface area is 181 Å². The Morgan fingerprint density at radius 1 is 1.32 bits per heavy atom. The molecule has 2 aromatic rings. The minimum absolute atomic E-state index is 0.344. The van der Waals surface area contributed by atoms with Gasteiger partial charge in [-0.1, -0.05) is 40.7 Å². The van der Waals surface area contributed by atoms with Crippen LogP contribution in [0.15, 0.2) is 80.5 Å². The van der Waals surface area contributed by atoms with Crippen molar-refractivity contribution in [2.45, 2.75) is 6.54 Å². The maximum atomic E-state index is 11.5. The summed E-state index contributed by atoms with van der Waals surface area (Å²) in [6.45, 7) is 4.10. The largest absolute Gasteiger partial charge is 0.619 e. The van der Waals surface area contributed by atoms with Crippen molar-refractivity contribution in [3.8, 4) is 0 Å². The summed E-state index contributed by atoms with van der Waals surface area (Å²) in [5.74, 6) is 0.617. The first-order valence-corrected chi connectivity index (χ1v) is 9.98. The summed E-state index contributed by atoms with van der Waals surface area (Å²) in [4.78, 5) is 4.66. The zero-order valence-electron chi connectivity index (χ0n) is 15.6. The molecule has 0 amide bonds. The molecule has 0 aliphatic carbocycles. The first kappa shape index (κ1) is 21.8. The molecule has 0 radical (unpaired) electrons. The predicted molar refractivity (Wildman–Crippen MR) is 122 cm³/mol. The van der Waals surface area contributed by atoms with E-state index in [-0.39, 0.29) is 0 Å². The van der Waals surface area contributed by atoms with Crippen LogP contribution in [0.2, 0.25) is 0 Å². The number of benzene rings is 1. The van der Waals surface area contributed by atoms with Crippen LogP contribution in [0.3, 0.4) is 0 Å². The molecule has 0 saturated heterocycles. The third-order valence-corrected chi connectivity index (χ3v) is 4.57. The van der Waals surface area contributed by atoms with Crippen molar-refractivity contribution >= 4 is 49.6 Å². The van der Waals surface area contributed by atoms with Crippen molar-refractivity contribution in [2.24, 2.45) is 10.1 Å². The van der Waals surface area contributed by atoms with E-state index in [1.165, 1.54) is 12.4 Å². The summed E-state index contributed by atoms with van der Waals surface area (Å²) < 4.78 is 2.38. The summed E-state index contributed by atoms with van der Waals surface area (Å²) in [6.07, 6.45) is 6.44. The number of allylic oxidation sites excluding steroid dienone is 1. The first-order chi connectivity index (χ1) is 13.4. The molecule has 1 aromatic carbocycles. The van der Waals surface area contributed by atoms with Gasteiger partial charge in [-0.3, -0.25) is 10.0 Å². The minimum atomic E-state index is 0.344. The molecule has 1 N–H and O–H groups in total. The highest BCUT2D eigenvalue weighted by Crippen LogP contribution is 2.22. The fourth-order valence-corrected chi connectivity index (χ4v) is 2.90. The molecule has 0 bridgehead atoms. The van der Waals surface area contributed by atoms with Crippen LogP contribution in [-0.2, 0) is 6.54 Å². The Kier molecular flexibility index (Phi) is 8.41. The highest BCUT2D eigenvalue weighted by Gasteiger charge is 2.09. The van der Waals surface area contributed by atoms with E-state index in [1.807, 2.05) is 43.5 Å². The standard InChI is InChI=1S/C20H21Br2N5O/c1-15(21)12-25-26(3)20(24-13-16-7-6-10-27(28)14-16)11-19(23-2)17-8-4-5-9-18(17)22/h4-12,14,23H,1,13H2,2-3H3/b19-11?,24-20?,25-12-. The van der Waals surface area contributed by atoms with E-state index in [0.29, 0.717) is 16.9 Å². The van der Waals surface area contributed by atoms with E-state index >= 15 is 0 Å². The Bertz CT molecular complexity index is 924. The number of nitrogens with zero attached hydrogens (tertiary/aromatic N) is 4. The van der Waals surface area contributed by atoms with E-state index in [9.17, 15) is 5.21 Å². The van der Waals surface area contributed by atoms with Gasteiger partial charge in [0.2, 0.25) is 0 Å². The minimum Gasteiger partial charge on any atom is -0.619 e. The molecule has 0 aliphatic rings. The van der Waals surface area contributed by atoms with Crippen LogP contribution in [0, 0.1) is 5.21 Å². The molecule has 28 heavy (non-hydrogen) atoms. The van der Waals surface area contributed by atoms with E-state index < -0.39 is 0 Å². The van der Waals surface area contributed by atoms with E-state index in [1.54, 1.807) is 24.3 Å². The number of halogens is 2. The lowest BCUT2D eigenvalue weighted by molar-refractivity contribution is -0.605. The molecule has 0 spiro atoms. The van der Waals surface area contributed by atoms with Gasteiger partial charge in [-0.2, -0.15) is 9.83 Å². The van der Waals surface area contributed by atoms with E-state index in [0.717, 1.165) is 26.0 Å². The molecule has 1 heterocycles. The Hall–Kier alpha value is -2.45. The second-order valence-electron chi connectivity index (χ2n) is 5.75. The lowest BCUT2D eigenvalue weighted by Crippen LogP contribution is -2.25. The molecule has 0 unspecified atom stereocenters. The Balaban J connectivity index is 2.42. The lowest BCUT2D eigenvalue weighted by Gasteiger charge is -2.16. The van der Waals surface area contributed by atoms with Gasteiger partial charge in [-0.05, 0) is 28.1 Å². The number of aromatic nitrogens is 1. The highest BCUT2D eigenvalue weighted by atomic mass is 79.9. The average molecular weight is 507 g/mol. The summed E-state index contributed by atoms with van der Waals surface area (Å²) in [5, 5.41) is 20.7. The maximum absolute atomic E-state index is 11.5. The normalized spacial score (nSPS) is 12.3. The van der Waals surface area contributed by atoms with Gasteiger partial charge in [0.15, 0.2) is 12.4 Å². The second kappa shape index (κ2) is 10.8. The number of rotatable bonds is 7. The molecule has 0 fully saturated rings. The summed E-state index contributed by atoms with van der Waals surface area (Å²) in [6, 6.07) is 11.5. The molecule has 6 nitrogen and oxygen atoms in total. The number of nitrogens with one attached hydrogen (secondary N) is 1. The Morgan fingerprint density at radius 2 is 2.07 bits per heavy atom. The first-order valence-electron chi connectivity index (χ1n) is 8.39. The van der Waals surface area contributed by atoms with Crippen molar-refractivity contribution in [3.05, 3.63) is 86.7 Å². The van der Waals surface area contributed by atoms with Gasteiger partial charge in [0.25, 0.3) is 0 Å². The van der Waals surface area contributed by atoms with Crippen LogP contribution < -0.4 is 10.0 Å². The summed E-state index contributed by atoms with van der Waals surface area (Å²) >= 11 is 6.84. The van der Waals surface area contributed by atoms with E-state index in [2.05, 4.69) is 53.8 Å². The van der Waals surface area contributed by atoms with Gasteiger partial charge in [0, 0.05) is 52.0 Å². The quantitative estimate of drug-likeness (QED) is 0.202. The number of hydrazone groups is 1. The van der Waals surface area contributed by atoms with E-state index in [4.69, 9.17) is 0 Å². The maximum Gasteiger partial charge on any atom is 0.185 e. The van der Waals surface area contributed by atoms with Crippen molar-refractivity contribution in [2.75, 3.05) is 14.1 Å².